The summed E-state index contributed by atoms with van der Waals surface area (Å²) in [6, 6.07) is 0. The van der Waals surface area contributed by atoms with Crippen LogP contribution in [0.3, 0.4) is 0 Å². The molecule has 0 radical (unpaired) electrons. The van der Waals surface area contributed by atoms with Gasteiger partial charge >= 0.3 is 0 Å². The lowest BCUT2D eigenvalue weighted by Crippen LogP contribution is -2.28. The highest BCUT2D eigenvalue weighted by molar-refractivity contribution is 5.12. The van der Waals surface area contributed by atoms with Gasteiger partial charge in [0.2, 0.25) is 0 Å². The molecule has 0 aromatic carbocycles. The molecule has 1 aromatic heterocycles. The molecule has 16 heavy (non-hydrogen) atoms. The number of aryl methyl sites for hydroxylation is 1. The van der Waals surface area contributed by atoms with Crippen LogP contribution in [0.25, 0.3) is 0 Å². The Labute approximate surface area is 97.3 Å². The zero-order chi connectivity index (χ0) is 11.0. The molecule has 2 atom stereocenters. The van der Waals surface area contributed by atoms with Crippen LogP contribution in [0.2, 0.25) is 0 Å². The second-order valence-corrected chi connectivity index (χ2v) is 5.42. The van der Waals surface area contributed by atoms with E-state index in [4.69, 9.17) is 4.98 Å². The quantitative estimate of drug-likeness (QED) is 0.782. The molecule has 3 heteroatoms. The summed E-state index contributed by atoms with van der Waals surface area (Å²) >= 11 is 0. The van der Waals surface area contributed by atoms with E-state index in [0.717, 1.165) is 12.5 Å². The number of aromatic nitrogens is 2. The van der Waals surface area contributed by atoms with Crippen LogP contribution in [0.5, 0.6) is 0 Å². The van der Waals surface area contributed by atoms with Gasteiger partial charge < -0.3 is 9.88 Å². The summed E-state index contributed by atoms with van der Waals surface area (Å²) in [5.41, 5.74) is 1.33. The van der Waals surface area contributed by atoms with Crippen LogP contribution >= 0.6 is 0 Å². The van der Waals surface area contributed by atoms with Crippen molar-refractivity contribution in [2.75, 3.05) is 13.1 Å². The lowest BCUT2D eigenvalue weighted by molar-refractivity contribution is 0.394. The Balaban J connectivity index is 1.80. The average Bonchev–Trinajstić information content (AvgIpc) is 2.73. The van der Waals surface area contributed by atoms with E-state index in [1.807, 2.05) is 0 Å². The van der Waals surface area contributed by atoms with Gasteiger partial charge in [-0.05, 0) is 31.7 Å². The van der Waals surface area contributed by atoms with Crippen molar-refractivity contribution < 1.29 is 0 Å². The van der Waals surface area contributed by atoms with Crippen molar-refractivity contribution in [2.45, 2.75) is 45.1 Å². The number of rotatable bonds is 1. The van der Waals surface area contributed by atoms with Crippen LogP contribution in [-0.2, 0) is 13.0 Å². The standard InChI is InChI=1S/C13H21N3/c1-10-4-5-13-15-12(9-16(13)8-10)11-3-2-6-14-7-11/h9-11,14H,2-8H2,1H3/t10-,11+/m1/s1. The monoisotopic (exact) mass is 219 g/mol. The Hall–Kier alpha value is -0.830. The molecule has 0 amide bonds. The minimum Gasteiger partial charge on any atom is -0.334 e. The molecule has 88 valence electrons. The van der Waals surface area contributed by atoms with Crippen molar-refractivity contribution >= 4 is 0 Å². The maximum Gasteiger partial charge on any atom is 0.108 e. The topological polar surface area (TPSA) is 29.9 Å². The molecule has 0 spiro atoms. The van der Waals surface area contributed by atoms with Crippen molar-refractivity contribution in [3.8, 4) is 0 Å². The molecule has 1 N–H and O–H groups in total. The first-order valence-electron chi connectivity index (χ1n) is 6.59. The molecule has 3 nitrogen and oxygen atoms in total. The van der Waals surface area contributed by atoms with Gasteiger partial charge in [-0.3, -0.25) is 0 Å². The molecule has 0 unspecified atom stereocenters. The smallest absolute Gasteiger partial charge is 0.108 e. The molecule has 1 saturated heterocycles. The normalized spacial score (nSPS) is 30.1. The van der Waals surface area contributed by atoms with Crippen molar-refractivity contribution in [3.05, 3.63) is 17.7 Å². The van der Waals surface area contributed by atoms with E-state index < -0.39 is 0 Å². The van der Waals surface area contributed by atoms with Crippen LogP contribution in [0.1, 0.15) is 43.6 Å². The van der Waals surface area contributed by atoms with E-state index in [2.05, 4.69) is 23.0 Å². The predicted octanol–water partition coefficient (Wildman–Crippen LogP) is 1.93. The zero-order valence-electron chi connectivity index (χ0n) is 10.1. The first-order chi connectivity index (χ1) is 7.83. The van der Waals surface area contributed by atoms with Crippen molar-refractivity contribution in [1.29, 1.82) is 0 Å². The largest absolute Gasteiger partial charge is 0.334 e. The van der Waals surface area contributed by atoms with Crippen LogP contribution < -0.4 is 5.32 Å². The Morgan fingerprint density at radius 3 is 3.19 bits per heavy atom. The Bertz CT molecular complexity index is 363. The molecule has 1 aromatic rings. The van der Waals surface area contributed by atoms with Gasteiger partial charge in [-0.1, -0.05) is 6.92 Å². The number of nitrogens with one attached hydrogen (secondary N) is 1. The Morgan fingerprint density at radius 1 is 1.44 bits per heavy atom. The van der Waals surface area contributed by atoms with Gasteiger partial charge in [-0.2, -0.15) is 0 Å². The highest BCUT2D eigenvalue weighted by Crippen LogP contribution is 2.26. The summed E-state index contributed by atoms with van der Waals surface area (Å²) in [5, 5.41) is 3.47. The average molecular weight is 219 g/mol. The molecular weight excluding hydrogens is 198 g/mol. The molecule has 3 heterocycles. The lowest BCUT2D eigenvalue weighted by atomic mass is 9.97. The first kappa shape index (κ1) is 10.3. The van der Waals surface area contributed by atoms with E-state index in [1.165, 1.54) is 50.3 Å². The van der Waals surface area contributed by atoms with Gasteiger partial charge in [-0.25, -0.2) is 4.98 Å². The highest BCUT2D eigenvalue weighted by Gasteiger charge is 2.22. The van der Waals surface area contributed by atoms with Crippen molar-refractivity contribution in [1.82, 2.24) is 14.9 Å². The summed E-state index contributed by atoms with van der Waals surface area (Å²) < 4.78 is 2.39. The summed E-state index contributed by atoms with van der Waals surface area (Å²) in [6.45, 7) is 5.81. The van der Waals surface area contributed by atoms with E-state index in [9.17, 15) is 0 Å². The van der Waals surface area contributed by atoms with E-state index in [1.54, 1.807) is 0 Å². The summed E-state index contributed by atoms with van der Waals surface area (Å²) in [4.78, 5) is 4.83. The minimum atomic E-state index is 0.655. The number of hydrogen-bond acceptors (Lipinski definition) is 2. The number of nitrogens with zero attached hydrogens (tertiary/aromatic N) is 2. The molecule has 2 aliphatic rings. The first-order valence-corrected chi connectivity index (χ1v) is 6.59. The van der Waals surface area contributed by atoms with Gasteiger partial charge in [0.1, 0.15) is 5.82 Å². The van der Waals surface area contributed by atoms with E-state index in [-0.39, 0.29) is 0 Å². The van der Waals surface area contributed by atoms with Gasteiger partial charge in [0.15, 0.2) is 0 Å². The number of piperidine rings is 1. The number of fused-ring (bicyclic) bond motifs is 1. The van der Waals surface area contributed by atoms with Crippen LogP contribution in [0.15, 0.2) is 6.20 Å². The Morgan fingerprint density at radius 2 is 2.38 bits per heavy atom. The van der Waals surface area contributed by atoms with Crippen LogP contribution in [0, 0.1) is 5.92 Å². The predicted molar refractivity (Wildman–Crippen MR) is 64.6 cm³/mol. The van der Waals surface area contributed by atoms with Crippen molar-refractivity contribution in [2.24, 2.45) is 5.92 Å². The fraction of sp³-hybridized carbons (Fsp3) is 0.769. The zero-order valence-corrected chi connectivity index (χ0v) is 10.1. The molecule has 3 rings (SSSR count). The van der Waals surface area contributed by atoms with Crippen LogP contribution in [-0.4, -0.2) is 22.6 Å². The molecule has 2 aliphatic heterocycles. The van der Waals surface area contributed by atoms with Gasteiger partial charge in [0, 0.05) is 31.6 Å². The highest BCUT2D eigenvalue weighted by atomic mass is 15.1. The van der Waals surface area contributed by atoms with Crippen molar-refractivity contribution in [3.63, 3.8) is 0 Å². The second kappa shape index (κ2) is 4.21. The number of imidazole rings is 1. The minimum absolute atomic E-state index is 0.655. The van der Waals surface area contributed by atoms with E-state index in [0.29, 0.717) is 5.92 Å². The van der Waals surface area contributed by atoms with E-state index >= 15 is 0 Å². The van der Waals surface area contributed by atoms with Gasteiger partial charge in [0.25, 0.3) is 0 Å². The third-order valence-electron chi connectivity index (χ3n) is 3.96. The Kier molecular flexibility index (Phi) is 2.72. The summed E-state index contributed by atoms with van der Waals surface area (Å²) in [6.07, 6.45) is 7.38. The third kappa shape index (κ3) is 1.88. The molecular formula is C13H21N3. The number of hydrogen-bond donors (Lipinski definition) is 1. The second-order valence-electron chi connectivity index (χ2n) is 5.42. The molecule has 1 fully saturated rings. The SMILES string of the molecule is C[C@@H]1CCc2nc([C@H]3CCCNC3)cn2C1. The summed E-state index contributed by atoms with van der Waals surface area (Å²) in [5.74, 6) is 2.79. The maximum atomic E-state index is 4.83. The molecule has 0 aliphatic carbocycles. The fourth-order valence-corrected chi connectivity index (χ4v) is 2.94. The van der Waals surface area contributed by atoms with Crippen LogP contribution in [0.4, 0.5) is 0 Å². The maximum absolute atomic E-state index is 4.83. The van der Waals surface area contributed by atoms with Gasteiger partial charge in [0.05, 0.1) is 5.69 Å². The molecule has 0 bridgehead atoms. The lowest BCUT2D eigenvalue weighted by Gasteiger charge is -2.20. The summed E-state index contributed by atoms with van der Waals surface area (Å²) in [7, 11) is 0. The third-order valence-corrected chi connectivity index (χ3v) is 3.96. The molecule has 0 saturated carbocycles. The van der Waals surface area contributed by atoms with Gasteiger partial charge in [-0.15, -0.1) is 0 Å². The fourth-order valence-electron chi connectivity index (χ4n) is 2.94.